The Morgan fingerprint density at radius 2 is 2.13 bits per heavy atom. The first-order chi connectivity index (χ1) is 14.0. The third kappa shape index (κ3) is 5.14. The molecular formula is C21H27N5O2S2. The molecule has 3 rings (SSSR count). The number of primary amides is 1. The number of hydrogen-bond donors (Lipinski definition) is 3. The number of aryl methyl sites for hydroxylation is 1. The first-order valence-electron chi connectivity index (χ1n) is 9.77. The summed E-state index contributed by atoms with van der Waals surface area (Å²) in [6.07, 6.45) is 9.23. The van der Waals surface area contributed by atoms with Crippen molar-refractivity contribution in [1.82, 2.24) is 15.1 Å². The molecule has 2 heterocycles. The molecule has 9 heteroatoms. The van der Waals surface area contributed by atoms with Gasteiger partial charge >= 0.3 is 0 Å². The van der Waals surface area contributed by atoms with E-state index in [0.717, 1.165) is 30.4 Å². The molecule has 30 heavy (non-hydrogen) atoms. The van der Waals surface area contributed by atoms with Crippen molar-refractivity contribution in [3.63, 3.8) is 0 Å². The van der Waals surface area contributed by atoms with Gasteiger partial charge in [0.1, 0.15) is 5.00 Å². The maximum atomic E-state index is 12.1. The normalized spacial score (nSPS) is 16.3. The molecule has 0 unspecified atom stereocenters. The van der Waals surface area contributed by atoms with Gasteiger partial charge < -0.3 is 11.1 Å². The van der Waals surface area contributed by atoms with Crippen molar-refractivity contribution in [3.8, 4) is 0 Å². The highest BCUT2D eigenvalue weighted by molar-refractivity contribution is 7.80. The summed E-state index contributed by atoms with van der Waals surface area (Å²) in [5.74, 6) is -0.303. The summed E-state index contributed by atoms with van der Waals surface area (Å²) in [6, 6.07) is 0. The summed E-state index contributed by atoms with van der Waals surface area (Å²) < 4.78 is 1.65. The van der Waals surface area contributed by atoms with Crippen molar-refractivity contribution in [2.24, 2.45) is 24.1 Å². The predicted octanol–water partition coefficient (Wildman–Crippen LogP) is 3.26. The lowest BCUT2D eigenvalue weighted by Gasteiger charge is -2.33. The second-order valence-corrected chi connectivity index (χ2v) is 10.1. The quantitative estimate of drug-likeness (QED) is 0.495. The lowest BCUT2D eigenvalue weighted by atomic mass is 9.72. The number of fused-ring (bicyclic) bond motifs is 1. The molecule has 4 N–H and O–H groups in total. The average Bonchev–Trinajstić information content (AvgIpc) is 3.21. The van der Waals surface area contributed by atoms with Crippen LogP contribution in [0.25, 0.3) is 6.08 Å². The second-order valence-electron chi connectivity index (χ2n) is 8.60. The summed E-state index contributed by atoms with van der Waals surface area (Å²) in [5.41, 5.74) is 8.19. The molecule has 0 saturated heterocycles. The molecule has 0 spiro atoms. The molecule has 0 radical (unpaired) electrons. The summed E-state index contributed by atoms with van der Waals surface area (Å²) in [6.45, 7) is 6.73. The van der Waals surface area contributed by atoms with Crippen molar-refractivity contribution in [1.29, 1.82) is 0 Å². The fourth-order valence-electron chi connectivity index (χ4n) is 3.66. The summed E-state index contributed by atoms with van der Waals surface area (Å²) >= 11 is 6.78. The SMILES string of the molecule is Cn1cc(/C=C/C(=O)NC(=S)Nc2sc3c(c2C(N)=O)CC[C@@H](C(C)(C)C)C3)cn1. The maximum Gasteiger partial charge on any atom is 0.251 e. The Morgan fingerprint density at radius 1 is 1.40 bits per heavy atom. The number of nitrogens with one attached hydrogen (secondary N) is 2. The maximum absolute atomic E-state index is 12.1. The zero-order valence-electron chi connectivity index (χ0n) is 17.6. The highest BCUT2D eigenvalue weighted by atomic mass is 32.1. The second kappa shape index (κ2) is 8.69. The molecule has 2 amide bonds. The lowest BCUT2D eigenvalue weighted by Crippen LogP contribution is -2.33. The van der Waals surface area contributed by atoms with E-state index in [-0.39, 0.29) is 16.4 Å². The number of anilines is 1. The Bertz CT molecular complexity index is 1010. The molecule has 2 aromatic heterocycles. The van der Waals surface area contributed by atoms with Crippen LogP contribution in [0.1, 0.15) is 53.6 Å². The summed E-state index contributed by atoms with van der Waals surface area (Å²) in [7, 11) is 1.80. The van der Waals surface area contributed by atoms with Gasteiger partial charge in [-0.3, -0.25) is 19.6 Å². The van der Waals surface area contributed by atoms with Crippen LogP contribution in [0.3, 0.4) is 0 Å². The zero-order chi connectivity index (χ0) is 22.1. The number of nitrogens with zero attached hydrogens (tertiary/aromatic N) is 2. The van der Waals surface area contributed by atoms with E-state index in [9.17, 15) is 9.59 Å². The van der Waals surface area contributed by atoms with E-state index in [2.05, 4.69) is 36.5 Å². The number of carbonyl (C=O) groups is 2. The number of thiocarbonyl (C=S) groups is 1. The minimum absolute atomic E-state index is 0.129. The van der Waals surface area contributed by atoms with Crippen molar-refractivity contribution in [2.45, 2.75) is 40.0 Å². The van der Waals surface area contributed by atoms with Gasteiger partial charge in [0.2, 0.25) is 5.91 Å². The van der Waals surface area contributed by atoms with E-state index in [1.165, 1.54) is 22.3 Å². The van der Waals surface area contributed by atoms with Crippen LogP contribution in [0.5, 0.6) is 0 Å². The molecule has 1 aliphatic carbocycles. The Balaban J connectivity index is 1.70. The van der Waals surface area contributed by atoms with Crippen molar-refractivity contribution >= 4 is 51.6 Å². The topological polar surface area (TPSA) is 102 Å². The number of nitrogens with two attached hydrogens (primary N) is 1. The van der Waals surface area contributed by atoms with Crippen LogP contribution in [-0.2, 0) is 24.7 Å². The molecule has 1 aliphatic rings. The molecule has 0 bridgehead atoms. The zero-order valence-corrected chi connectivity index (χ0v) is 19.2. The van der Waals surface area contributed by atoms with E-state index < -0.39 is 5.91 Å². The van der Waals surface area contributed by atoms with Gasteiger partial charge in [-0.2, -0.15) is 5.10 Å². The first-order valence-corrected chi connectivity index (χ1v) is 11.0. The van der Waals surface area contributed by atoms with Gasteiger partial charge in [0.15, 0.2) is 5.11 Å². The molecule has 0 aromatic carbocycles. The number of amides is 2. The molecule has 7 nitrogen and oxygen atoms in total. The van der Waals surface area contributed by atoms with Gasteiger partial charge in [-0.05, 0) is 54.5 Å². The summed E-state index contributed by atoms with van der Waals surface area (Å²) in [5, 5.41) is 10.4. The van der Waals surface area contributed by atoms with Gasteiger partial charge in [-0.1, -0.05) is 20.8 Å². The van der Waals surface area contributed by atoms with Gasteiger partial charge in [0.05, 0.1) is 11.8 Å². The number of hydrogen-bond acceptors (Lipinski definition) is 5. The average molecular weight is 446 g/mol. The molecule has 0 fully saturated rings. The number of carbonyl (C=O) groups excluding carboxylic acids is 2. The van der Waals surface area contributed by atoms with Crippen LogP contribution in [0.4, 0.5) is 5.00 Å². The Hall–Kier alpha value is -2.52. The highest BCUT2D eigenvalue weighted by Gasteiger charge is 2.33. The van der Waals surface area contributed by atoms with Crippen LogP contribution in [0.2, 0.25) is 0 Å². The highest BCUT2D eigenvalue weighted by Crippen LogP contribution is 2.44. The van der Waals surface area contributed by atoms with Crippen LogP contribution < -0.4 is 16.4 Å². The van der Waals surface area contributed by atoms with Crippen LogP contribution in [-0.4, -0.2) is 26.7 Å². The minimum atomic E-state index is -0.477. The minimum Gasteiger partial charge on any atom is -0.365 e. The van der Waals surface area contributed by atoms with E-state index in [1.807, 2.05) is 0 Å². The molecule has 0 saturated carbocycles. The van der Waals surface area contributed by atoms with Crippen LogP contribution in [0, 0.1) is 11.3 Å². The molecule has 0 aliphatic heterocycles. The Labute approximate surface area is 185 Å². The third-order valence-electron chi connectivity index (χ3n) is 5.35. The van der Waals surface area contributed by atoms with Crippen LogP contribution >= 0.6 is 23.6 Å². The fraction of sp³-hybridized carbons (Fsp3) is 0.429. The predicted molar refractivity (Wildman–Crippen MR) is 124 cm³/mol. The van der Waals surface area contributed by atoms with Gasteiger partial charge in [0.25, 0.3) is 5.91 Å². The Kier molecular flexibility index (Phi) is 6.42. The van der Waals surface area contributed by atoms with Gasteiger partial charge in [0, 0.05) is 29.8 Å². The van der Waals surface area contributed by atoms with Crippen LogP contribution in [0.15, 0.2) is 18.5 Å². The van der Waals surface area contributed by atoms with E-state index >= 15 is 0 Å². The van der Waals surface area contributed by atoms with E-state index in [1.54, 1.807) is 30.2 Å². The largest absolute Gasteiger partial charge is 0.365 e. The lowest BCUT2D eigenvalue weighted by molar-refractivity contribution is -0.115. The Morgan fingerprint density at radius 3 is 2.73 bits per heavy atom. The standard InChI is InChI=1S/C21H27N5O2S2/c1-21(2,3)13-6-7-14-15(9-13)30-19(17(14)18(22)28)25-20(29)24-16(27)8-5-12-10-23-26(4)11-12/h5,8,10-11,13H,6-7,9H2,1-4H3,(H2,22,28)(H2,24,25,27,29)/b8-5+/t13-/m1/s1. The first kappa shape index (κ1) is 22.2. The molecule has 1 atom stereocenters. The summed E-state index contributed by atoms with van der Waals surface area (Å²) in [4.78, 5) is 25.5. The van der Waals surface area contributed by atoms with Gasteiger partial charge in [-0.25, -0.2) is 0 Å². The number of aromatic nitrogens is 2. The smallest absolute Gasteiger partial charge is 0.251 e. The van der Waals surface area contributed by atoms with E-state index in [4.69, 9.17) is 18.0 Å². The number of thiophene rings is 1. The molecule has 160 valence electrons. The number of rotatable bonds is 4. The van der Waals surface area contributed by atoms with E-state index in [0.29, 0.717) is 16.5 Å². The third-order valence-corrected chi connectivity index (χ3v) is 6.73. The van der Waals surface area contributed by atoms with Crippen molar-refractivity contribution < 1.29 is 9.59 Å². The molecular weight excluding hydrogens is 418 g/mol. The fourth-order valence-corrected chi connectivity index (χ4v) is 5.26. The van der Waals surface area contributed by atoms with Crippen molar-refractivity contribution in [3.05, 3.63) is 40.0 Å². The monoisotopic (exact) mass is 445 g/mol. The van der Waals surface area contributed by atoms with Gasteiger partial charge in [-0.15, -0.1) is 11.3 Å². The molecule has 2 aromatic rings. The van der Waals surface area contributed by atoms with Crippen molar-refractivity contribution in [2.75, 3.05) is 5.32 Å².